The molecule has 0 spiro atoms. The minimum atomic E-state index is -0.563. The van der Waals surface area contributed by atoms with Crippen LogP contribution in [-0.4, -0.2) is 30.0 Å². The van der Waals surface area contributed by atoms with Crippen molar-refractivity contribution in [3.05, 3.63) is 60.4 Å². The standard InChI is InChI=1S/C20H19FN4O3/c21-14-6-8-15(9-7-14)24(13-12-18(22)26)20(28)17-10-11-19(27)25(23-17)16-4-2-1-3-5-16/h1-9H,10-13H2,(H2,22,26). The topological polar surface area (TPSA) is 96.1 Å². The molecule has 2 N–H and O–H groups in total. The van der Waals surface area contributed by atoms with Crippen LogP contribution in [0.3, 0.4) is 0 Å². The maximum Gasteiger partial charge on any atom is 0.274 e. The van der Waals surface area contributed by atoms with Crippen LogP contribution in [-0.2, 0) is 14.4 Å². The summed E-state index contributed by atoms with van der Waals surface area (Å²) in [6.07, 6.45) is 0.250. The number of anilines is 2. The monoisotopic (exact) mass is 382 g/mol. The van der Waals surface area contributed by atoms with Crippen molar-refractivity contribution in [3.8, 4) is 0 Å². The highest BCUT2D eigenvalue weighted by atomic mass is 19.1. The smallest absolute Gasteiger partial charge is 0.274 e. The predicted octanol–water partition coefficient (Wildman–Crippen LogP) is 2.22. The molecule has 0 fully saturated rings. The first-order chi connectivity index (χ1) is 13.5. The van der Waals surface area contributed by atoms with E-state index in [4.69, 9.17) is 5.73 Å². The lowest BCUT2D eigenvalue weighted by molar-refractivity contribution is -0.119. The number of nitrogens with two attached hydrogens (primary N) is 1. The molecule has 2 aromatic carbocycles. The van der Waals surface area contributed by atoms with Gasteiger partial charge >= 0.3 is 0 Å². The van der Waals surface area contributed by atoms with Gasteiger partial charge in [0.2, 0.25) is 11.8 Å². The molecule has 28 heavy (non-hydrogen) atoms. The molecule has 2 aromatic rings. The average Bonchev–Trinajstić information content (AvgIpc) is 2.70. The molecule has 0 bridgehead atoms. The molecule has 7 nitrogen and oxygen atoms in total. The zero-order valence-corrected chi connectivity index (χ0v) is 15.0. The number of carbonyl (C=O) groups is 3. The number of para-hydroxylation sites is 1. The van der Waals surface area contributed by atoms with Crippen LogP contribution in [0.15, 0.2) is 59.7 Å². The second kappa shape index (κ2) is 8.43. The van der Waals surface area contributed by atoms with Crippen molar-refractivity contribution in [2.24, 2.45) is 10.8 Å². The van der Waals surface area contributed by atoms with Crippen LogP contribution in [0.4, 0.5) is 15.8 Å². The zero-order chi connectivity index (χ0) is 20.1. The van der Waals surface area contributed by atoms with E-state index in [1.165, 1.54) is 34.2 Å². The Morgan fingerprint density at radius 2 is 1.75 bits per heavy atom. The lowest BCUT2D eigenvalue weighted by Gasteiger charge is -2.27. The van der Waals surface area contributed by atoms with Gasteiger partial charge in [-0.2, -0.15) is 5.10 Å². The number of benzene rings is 2. The Labute approximate surface area is 161 Å². The summed E-state index contributed by atoms with van der Waals surface area (Å²) in [6.45, 7) is 0.0259. The molecule has 0 saturated heterocycles. The van der Waals surface area contributed by atoms with Crippen LogP contribution < -0.4 is 15.6 Å². The van der Waals surface area contributed by atoms with Crippen molar-refractivity contribution in [3.63, 3.8) is 0 Å². The van der Waals surface area contributed by atoms with E-state index in [1.54, 1.807) is 24.3 Å². The van der Waals surface area contributed by atoms with Crippen molar-refractivity contribution in [2.75, 3.05) is 16.5 Å². The molecule has 1 aliphatic rings. The van der Waals surface area contributed by atoms with Gasteiger partial charge in [0.25, 0.3) is 5.91 Å². The normalized spacial score (nSPS) is 13.8. The summed E-state index contributed by atoms with van der Waals surface area (Å²) in [6, 6.07) is 14.1. The van der Waals surface area contributed by atoms with Crippen LogP contribution in [0, 0.1) is 5.82 Å². The molecular weight excluding hydrogens is 363 g/mol. The third kappa shape index (κ3) is 4.40. The molecule has 0 aromatic heterocycles. The molecule has 0 radical (unpaired) electrons. The van der Waals surface area contributed by atoms with Gasteiger partial charge in [0.15, 0.2) is 0 Å². The van der Waals surface area contributed by atoms with E-state index in [0.717, 1.165) is 0 Å². The molecule has 3 amide bonds. The van der Waals surface area contributed by atoms with Crippen LogP contribution in [0.2, 0.25) is 0 Å². The third-order valence-corrected chi connectivity index (χ3v) is 4.25. The molecule has 8 heteroatoms. The van der Waals surface area contributed by atoms with Crippen LogP contribution in [0.25, 0.3) is 0 Å². The summed E-state index contributed by atoms with van der Waals surface area (Å²) in [5, 5.41) is 5.45. The number of hydrogen-bond acceptors (Lipinski definition) is 4. The molecule has 3 rings (SSSR count). The Morgan fingerprint density at radius 1 is 1.07 bits per heavy atom. The number of amides is 3. The second-order valence-corrected chi connectivity index (χ2v) is 6.24. The number of rotatable bonds is 6. The van der Waals surface area contributed by atoms with Gasteiger partial charge in [0.1, 0.15) is 11.5 Å². The number of hydrazone groups is 1. The molecular formula is C20H19FN4O3. The van der Waals surface area contributed by atoms with Crippen molar-refractivity contribution < 1.29 is 18.8 Å². The minimum absolute atomic E-state index is 0.0259. The van der Waals surface area contributed by atoms with E-state index in [1.807, 2.05) is 6.07 Å². The lowest BCUT2D eigenvalue weighted by Crippen LogP contribution is -2.43. The highest BCUT2D eigenvalue weighted by Crippen LogP contribution is 2.22. The maximum absolute atomic E-state index is 13.3. The highest BCUT2D eigenvalue weighted by Gasteiger charge is 2.29. The summed E-state index contributed by atoms with van der Waals surface area (Å²) >= 11 is 0. The number of nitrogens with zero attached hydrogens (tertiary/aromatic N) is 3. The van der Waals surface area contributed by atoms with Crippen LogP contribution >= 0.6 is 0 Å². The molecule has 0 atom stereocenters. The molecule has 1 aliphatic heterocycles. The molecule has 144 valence electrons. The molecule has 0 unspecified atom stereocenters. The van der Waals surface area contributed by atoms with Crippen molar-refractivity contribution in [1.82, 2.24) is 0 Å². The van der Waals surface area contributed by atoms with E-state index in [-0.39, 0.29) is 37.4 Å². The van der Waals surface area contributed by atoms with E-state index in [2.05, 4.69) is 5.10 Å². The zero-order valence-electron chi connectivity index (χ0n) is 15.0. The van der Waals surface area contributed by atoms with E-state index < -0.39 is 17.6 Å². The minimum Gasteiger partial charge on any atom is -0.370 e. The molecule has 0 saturated carbocycles. The average molecular weight is 382 g/mol. The summed E-state index contributed by atoms with van der Waals surface area (Å²) in [5.41, 5.74) is 6.37. The van der Waals surface area contributed by atoms with E-state index >= 15 is 0 Å². The summed E-state index contributed by atoms with van der Waals surface area (Å²) < 4.78 is 13.3. The summed E-state index contributed by atoms with van der Waals surface area (Å²) in [5.74, 6) is -1.68. The quantitative estimate of drug-likeness (QED) is 0.830. The van der Waals surface area contributed by atoms with Gasteiger partial charge in [-0.25, -0.2) is 9.40 Å². The summed E-state index contributed by atoms with van der Waals surface area (Å²) in [7, 11) is 0. The maximum atomic E-state index is 13.3. The van der Waals surface area contributed by atoms with Crippen molar-refractivity contribution in [2.45, 2.75) is 19.3 Å². The fourth-order valence-corrected chi connectivity index (χ4v) is 2.83. The third-order valence-electron chi connectivity index (χ3n) is 4.25. The molecule has 1 heterocycles. The van der Waals surface area contributed by atoms with E-state index in [9.17, 15) is 18.8 Å². The van der Waals surface area contributed by atoms with Gasteiger partial charge in [0, 0.05) is 31.5 Å². The Kier molecular flexibility index (Phi) is 5.78. The fourth-order valence-electron chi connectivity index (χ4n) is 2.83. The van der Waals surface area contributed by atoms with Gasteiger partial charge in [0.05, 0.1) is 5.69 Å². The largest absolute Gasteiger partial charge is 0.370 e. The first-order valence-corrected chi connectivity index (χ1v) is 8.77. The summed E-state index contributed by atoms with van der Waals surface area (Å²) in [4.78, 5) is 37.9. The first kappa shape index (κ1) is 19.2. The Balaban J connectivity index is 1.91. The van der Waals surface area contributed by atoms with Gasteiger partial charge in [-0.3, -0.25) is 14.4 Å². The predicted molar refractivity (Wildman–Crippen MR) is 103 cm³/mol. The second-order valence-electron chi connectivity index (χ2n) is 6.24. The van der Waals surface area contributed by atoms with Gasteiger partial charge < -0.3 is 10.6 Å². The van der Waals surface area contributed by atoms with Gasteiger partial charge in [-0.15, -0.1) is 0 Å². The number of halogens is 1. The SMILES string of the molecule is NC(=O)CCN(C(=O)C1=NN(c2ccccc2)C(=O)CC1)c1ccc(F)cc1. The number of carbonyl (C=O) groups excluding carboxylic acids is 3. The van der Waals surface area contributed by atoms with Crippen LogP contribution in [0.5, 0.6) is 0 Å². The Hall–Kier alpha value is -3.55. The Bertz CT molecular complexity index is 913. The number of hydrogen-bond donors (Lipinski definition) is 1. The van der Waals surface area contributed by atoms with Gasteiger partial charge in [-0.05, 0) is 36.4 Å². The van der Waals surface area contributed by atoms with E-state index in [0.29, 0.717) is 11.4 Å². The van der Waals surface area contributed by atoms with Crippen molar-refractivity contribution >= 4 is 34.8 Å². The highest BCUT2D eigenvalue weighted by molar-refractivity contribution is 6.44. The lowest BCUT2D eigenvalue weighted by atomic mass is 10.1. The fraction of sp³-hybridized carbons (Fsp3) is 0.200. The van der Waals surface area contributed by atoms with Crippen molar-refractivity contribution in [1.29, 1.82) is 0 Å². The molecule has 0 aliphatic carbocycles. The first-order valence-electron chi connectivity index (χ1n) is 8.77. The Morgan fingerprint density at radius 3 is 2.39 bits per heavy atom. The number of primary amides is 1. The van der Waals surface area contributed by atoms with Crippen LogP contribution in [0.1, 0.15) is 19.3 Å². The van der Waals surface area contributed by atoms with Gasteiger partial charge in [-0.1, -0.05) is 18.2 Å².